The Labute approximate surface area is 183 Å². The first-order valence-electron chi connectivity index (χ1n) is 9.58. The minimum absolute atomic E-state index is 0.0559. The van der Waals surface area contributed by atoms with E-state index in [4.69, 9.17) is 4.74 Å². The van der Waals surface area contributed by atoms with E-state index < -0.39 is 5.56 Å². The molecule has 0 amide bonds. The molecule has 32 heavy (non-hydrogen) atoms. The highest BCUT2D eigenvalue weighted by Gasteiger charge is 2.12. The van der Waals surface area contributed by atoms with Crippen molar-refractivity contribution in [2.45, 2.75) is 6.92 Å². The summed E-state index contributed by atoms with van der Waals surface area (Å²) in [5, 5.41) is 13.4. The largest absolute Gasteiger partial charge is 0.437 e. The zero-order chi connectivity index (χ0) is 22.3. The molecule has 0 bridgehead atoms. The standard InChI is InChI=1S/C23H17N7O2/c1-15-12-25-14-20(27-15)32-18-9-7-16(8-10-18)13-26-30-23-28-21(17-5-3-2-4-6-17)19(11-24)22(31)29-23/h2-10,12-14H,1H3,(H2,28,29,30,31). The SMILES string of the molecule is Cc1cncc(Oc2ccc(C=NNc3nc(-c4ccccc4)c(C#N)c(=O)[nH]3)cc2)n1. The van der Waals surface area contributed by atoms with Gasteiger partial charge in [-0.2, -0.15) is 10.4 Å². The van der Waals surface area contributed by atoms with E-state index >= 15 is 0 Å². The lowest BCUT2D eigenvalue weighted by atomic mass is 10.1. The first-order chi connectivity index (χ1) is 15.6. The van der Waals surface area contributed by atoms with Gasteiger partial charge in [0.05, 0.1) is 23.8 Å². The number of aromatic nitrogens is 4. The smallest absolute Gasteiger partial charge is 0.270 e. The van der Waals surface area contributed by atoms with Gasteiger partial charge in [-0.3, -0.25) is 14.8 Å². The molecule has 2 N–H and O–H groups in total. The molecule has 0 spiro atoms. The maximum absolute atomic E-state index is 12.3. The lowest BCUT2D eigenvalue weighted by Crippen LogP contribution is -2.16. The van der Waals surface area contributed by atoms with Crippen LogP contribution in [-0.4, -0.2) is 26.2 Å². The number of hydrogen-bond acceptors (Lipinski definition) is 8. The van der Waals surface area contributed by atoms with Crippen LogP contribution < -0.4 is 15.7 Å². The van der Waals surface area contributed by atoms with Crippen LogP contribution in [0.1, 0.15) is 16.8 Å². The number of anilines is 1. The summed E-state index contributed by atoms with van der Waals surface area (Å²) >= 11 is 0. The highest BCUT2D eigenvalue weighted by atomic mass is 16.5. The minimum Gasteiger partial charge on any atom is -0.437 e. The molecule has 0 unspecified atom stereocenters. The maximum Gasteiger partial charge on any atom is 0.270 e. The third-order valence-corrected chi connectivity index (χ3v) is 4.30. The van der Waals surface area contributed by atoms with E-state index in [-0.39, 0.29) is 17.2 Å². The molecule has 0 aliphatic heterocycles. The van der Waals surface area contributed by atoms with Crippen molar-refractivity contribution in [1.82, 2.24) is 19.9 Å². The molecular formula is C23H17N7O2. The molecule has 0 atom stereocenters. The van der Waals surface area contributed by atoms with Gasteiger partial charge in [-0.1, -0.05) is 30.3 Å². The minimum atomic E-state index is -0.542. The van der Waals surface area contributed by atoms with Crippen LogP contribution in [0.25, 0.3) is 11.3 Å². The van der Waals surface area contributed by atoms with Crippen molar-refractivity contribution in [3.05, 3.63) is 94.2 Å². The highest BCUT2D eigenvalue weighted by molar-refractivity contribution is 5.80. The molecule has 2 aromatic carbocycles. The number of nitrogens with zero attached hydrogens (tertiary/aromatic N) is 5. The van der Waals surface area contributed by atoms with E-state index in [2.05, 4.69) is 30.5 Å². The predicted octanol–water partition coefficient (Wildman–Crippen LogP) is 3.65. The fourth-order valence-corrected chi connectivity index (χ4v) is 2.84. The van der Waals surface area contributed by atoms with Gasteiger partial charge in [0.2, 0.25) is 11.8 Å². The summed E-state index contributed by atoms with van der Waals surface area (Å²) in [6.45, 7) is 1.84. The van der Waals surface area contributed by atoms with Crippen LogP contribution in [0, 0.1) is 18.3 Å². The lowest BCUT2D eigenvalue weighted by Gasteiger charge is -2.06. The zero-order valence-electron chi connectivity index (χ0n) is 17.0. The molecule has 9 nitrogen and oxygen atoms in total. The Hall–Kier alpha value is -4.84. The number of aryl methyl sites for hydroxylation is 1. The van der Waals surface area contributed by atoms with Gasteiger partial charge >= 0.3 is 0 Å². The number of ether oxygens (including phenoxy) is 1. The Morgan fingerprint density at radius 3 is 2.59 bits per heavy atom. The van der Waals surface area contributed by atoms with Gasteiger partial charge in [-0.15, -0.1) is 0 Å². The molecule has 9 heteroatoms. The van der Waals surface area contributed by atoms with Crippen LogP contribution in [-0.2, 0) is 0 Å². The Bertz CT molecular complexity index is 1360. The van der Waals surface area contributed by atoms with Gasteiger partial charge in [0.15, 0.2) is 0 Å². The zero-order valence-corrected chi connectivity index (χ0v) is 17.0. The van der Waals surface area contributed by atoms with Crippen LogP contribution in [0.5, 0.6) is 11.6 Å². The molecule has 0 aliphatic rings. The molecule has 2 heterocycles. The van der Waals surface area contributed by atoms with Crippen LogP contribution in [0.4, 0.5) is 5.95 Å². The number of hydrogen-bond donors (Lipinski definition) is 2. The van der Waals surface area contributed by atoms with E-state index in [1.54, 1.807) is 42.9 Å². The molecule has 0 fully saturated rings. The van der Waals surface area contributed by atoms with Crippen LogP contribution in [0.3, 0.4) is 0 Å². The fourth-order valence-electron chi connectivity index (χ4n) is 2.84. The van der Waals surface area contributed by atoms with Crippen molar-refractivity contribution < 1.29 is 4.74 Å². The maximum atomic E-state index is 12.3. The summed E-state index contributed by atoms with van der Waals surface area (Å²) in [6.07, 6.45) is 4.76. The van der Waals surface area contributed by atoms with Crippen molar-refractivity contribution in [1.29, 1.82) is 5.26 Å². The molecule has 0 radical (unpaired) electrons. The summed E-state index contributed by atoms with van der Waals surface area (Å²) in [5.74, 6) is 1.15. The lowest BCUT2D eigenvalue weighted by molar-refractivity contribution is 0.458. The Morgan fingerprint density at radius 2 is 1.88 bits per heavy atom. The van der Waals surface area contributed by atoms with Crippen molar-refractivity contribution >= 4 is 12.2 Å². The third-order valence-electron chi connectivity index (χ3n) is 4.30. The molecular weight excluding hydrogens is 406 g/mol. The molecule has 0 saturated heterocycles. The van der Waals surface area contributed by atoms with E-state index in [1.807, 2.05) is 43.3 Å². The summed E-state index contributed by atoms with van der Waals surface area (Å²) in [5.41, 5.74) is 4.61. The van der Waals surface area contributed by atoms with Gasteiger partial charge in [0.1, 0.15) is 17.4 Å². The average molecular weight is 423 g/mol. The number of hydrazone groups is 1. The van der Waals surface area contributed by atoms with Gasteiger partial charge in [-0.05, 0) is 36.8 Å². The molecule has 2 aromatic heterocycles. The van der Waals surface area contributed by atoms with Gasteiger partial charge < -0.3 is 4.74 Å². The highest BCUT2D eigenvalue weighted by Crippen LogP contribution is 2.20. The molecule has 4 aromatic rings. The van der Waals surface area contributed by atoms with Gasteiger partial charge in [0, 0.05) is 11.8 Å². The van der Waals surface area contributed by atoms with E-state index in [0.717, 1.165) is 11.3 Å². The van der Waals surface area contributed by atoms with Gasteiger partial charge in [-0.25, -0.2) is 15.4 Å². The summed E-state index contributed by atoms with van der Waals surface area (Å²) < 4.78 is 5.67. The van der Waals surface area contributed by atoms with Crippen molar-refractivity contribution in [3.63, 3.8) is 0 Å². The second-order valence-electron chi connectivity index (χ2n) is 6.66. The van der Waals surface area contributed by atoms with Crippen LogP contribution >= 0.6 is 0 Å². The summed E-state index contributed by atoms with van der Waals surface area (Å²) in [4.78, 5) is 27.4. The summed E-state index contributed by atoms with van der Waals surface area (Å²) in [6, 6.07) is 18.1. The van der Waals surface area contributed by atoms with Crippen LogP contribution in [0.15, 0.2) is 76.9 Å². The van der Waals surface area contributed by atoms with Gasteiger partial charge in [0.25, 0.3) is 5.56 Å². The van der Waals surface area contributed by atoms with Crippen molar-refractivity contribution in [2.75, 3.05) is 5.43 Å². The van der Waals surface area contributed by atoms with E-state index in [9.17, 15) is 10.1 Å². The number of rotatable bonds is 6. The second kappa shape index (κ2) is 9.32. The quantitative estimate of drug-likeness (QED) is 0.358. The number of nitriles is 1. The Morgan fingerprint density at radius 1 is 1.09 bits per heavy atom. The van der Waals surface area contributed by atoms with Crippen molar-refractivity contribution in [3.8, 4) is 29.0 Å². The molecule has 0 saturated carbocycles. The number of nitrogens with one attached hydrogen (secondary N) is 2. The first kappa shape index (κ1) is 20.4. The van der Waals surface area contributed by atoms with E-state index in [0.29, 0.717) is 17.2 Å². The Balaban J connectivity index is 1.48. The number of benzene rings is 2. The monoisotopic (exact) mass is 423 g/mol. The topological polar surface area (TPSA) is 129 Å². The van der Waals surface area contributed by atoms with Crippen molar-refractivity contribution in [2.24, 2.45) is 5.10 Å². The number of aromatic amines is 1. The predicted molar refractivity (Wildman–Crippen MR) is 120 cm³/mol. The van der Waals surface area contributed by atoms with Crippen LogP contribution in [0.2, 0.25) is 0 Å². The molecule has 156 valence electrons. The molecule has 0 aliphatic carbocycles. The normalized spacial score (nSPS) is 10.6. The summed E-state index contributed by atoms with van der Waals surface area (Å²) in [7, 11) is 0. The third kappa shape index (κ3) is 4.83. The van der Waals surface area contributed by atoms with E-state index in [1.165, 1.54) is 0 Å². The molecule has 4 rings (SSSR count). The second-order valence-corrected chi connectivity index (χ2v) is 6.66. The number of H-pyrrole nitrogens is 1. The fraction of sp³-hybridized carbons (Fsp3) is 0.0435. The first-order valence-corrected chi connectivity index (χ1v) is 9.58. The average Bonchev–Trinajstić information content (AvgIpc) is 2.80. The Kier molecular flexibility index (Phi) is 5.95.